The second kappa shape index (κ2) is 7.10. The number of nitrogens with two attached hydrogens (primary N) is 1. The van der Waals surface area contributed by atoms with Gasteiger partial charge in [-0.1, -0.05) is 30.3 Å². The average molecular weight is 333 g/mol. The Bertz CT molecular complexity index is 584. The van der Waals surface area contributed by atoms with E-state index >= 15 is 0 Å². The third-order valence-corrected chi connectivity index (χ3v) is 3.68. The maximum atomic E-state index is 11.8. The summed E-state index contributed by atoms with van der Waals surface area (Å²) < 4.78 is 0.791. The van der Waals surface area contributed by atoms with E-state index in [0.29, 0.717) is 12.1 Å². The van der Waals surface area contributed by atoms with Gasteiger partial charge in [-0.15, -0.1) is 0 Å². The number of rotatable bonds is 5. The van der Waals surface area contributed by atoms with Crippen LogP contribution < -0.4 is 11.1 Å². The van der Waals surface area contributed by atoms with Crippen LogP contribution in [0.15, 0.2) is 53.0 Å². The van der Waals surface area contributed by atoms with Gasteiger partial charge in [0.05, 0.1) is 0 Å². The smallest absolute Gasteiger partial charge is 0.224 e. The number of amides is 1. The molecular formula is C16H17BrN2O. The molecule has 4 heteroatoms. The van der Waals surface area contributed by atoms with Crippen LogP contribution in [0, 0.1) is 0 Å². The molecule has 0 aliphatic heterocycles. The molecule has 0 saturated carbocycles. The van der Waals surface area contributed by atoms with Crippen molar-refractivity contribution in [3.8, 4) is 0 Å². The molecule has 0 unspecified atom stereocenters. The quantitative estimate of drug-likeness (QED) is 0.813. The van der Waals surface area contributed by atoms with Gasteiger partial charge in [-0.2, -0.15) is 0 Å². The Labute approximate surface area is 127 Å². The summed E-state index contributed by atoms with van der Waals surface area (Å²) in [4.78, 5) is 11.8. The van der Waals surface area contributed by atoms with Gasteiger partial charge in [-0.25, -0.2) is 0 Å². The Hall–Kier alpha value is -1.81. The first-order valence-electron chi connectivity index (χ1n) is 6.54. The number of nitrogen functional groups attached to an aromatic ring is 1. The number of carbonyl (C=O) groups excluding carboxylic acids is 1. The van der Waals surface area contributed by atoms with E-state index in [4.69, 9.17) is 5.73 Å². The maximum Gasteiger partial charge on any atom is 0.224 e. The number of hydrogen-bond donors (Lipinski definition) is 2. The minimum Gasteiger partial charge on any atom is -0.398 e. The molecule has 2 aromatic carbocycles. The Morgan fingerprint density at radius 1 is 1.15 bits per heavy atom. The largest absolute Gasteiger partial charge is 0.398 e. The number of aryl methyl sites for hydroxylation is 1. The molecule has 2 rings (SSSR count). The lowest BCUT2D eigenvalue weighted by molar-refractivity contribution is -0.116. The minimum absolute atomic E-state index is 0.0256. The highest BCUT2D eigenvalue weighted by Crippen LogP contribution is 2.23. The molecule has 0 saturated heterocycles. The predicted molar refractivity (Wildman–Crippen MR) is 86.6 cm³/mol. The normalized spacial score (nSPS) is 10.2. The first kappa shape index (κ1) is 14.6. The monoisotopic (exact) mass is 332 g/mol. The van der Waals surface area contributed by atoms with Gasteiger partial charge in [-0.3, -0.25) is 4.79 Å². The molecule has 0 radical (unpaired) electrons. The molecule has 0 aliphatic rings. The van der Waals surface area contributed by atoms with Crippen LogP contribution in [0.25, 0.3) is 0 Å². The summed E-state index contributed by atoms with van der Waals surface area (Å²) in [6.45, 7) is 0. The highest BCUT2D eigenvalue weighted by atomic mass is 79.9. The van der Waals surface area contributed by atoms with Crippen molar-refractivity contribution in [2.45, 2.75) is 19.3 Å². The van der Waals surface area contributed by atoms with Crippen LogP contribution in [0.2, 0.25) is 0 Å². The SMILES string of the molecule is Nc1ccc(NC(=O)CCCc2ccccc2)cc1Br. The van der Waals surface area contributed by atoms with Crippen LogP contribution in [0.3, 0.4) is 0 Å². The van der Waals surface area contributed by atoms with E-state index in [0.717, 1.165) is 23.0 Å². The van der Waals surface area contributed by atoms with Crippen molar-refractivity contribution in [3.05, 3.63) is 58.6 Å². The minimum atomic E-state index is 0.0256. The van der Waals surface area contributed by atoms with E-state index < -0.39 is 0 Å². The number of nitrogens with one attached hydrogen (secondary N) is 1. The summed E-state index contributed by atoms with van der Waals surface area (Å²) in [6, 6.07) is 15.6. The summed E-state index contributed by atoms with van der Waals surface area (Å²) in [5, 5.41) is 2.87. The Morgan fingerprint density at radius 2 is 1.90 bits per heavy atom. The molecule has 104 valence electrons. The average Bonchev–Trinajstić information content (AvgIpc) is 2.44. The summed E-state index contributed by atoms with van der Waals surface area (Å²) in [5.41, 5.74) is 8.38. The van der Waals surface area contributed by atoms with E-state index in [1.54, 1.807) is 12.1 Å². The molecule has 0 bridgehead atoms. The van der Waals surface area contributed by atoms with E-state index in [-0.39, 0.29) is 5.91 Å². The van der Waals surface area contributed by atoms with Crippen LogP contribution in [-0.4, -0.2) is 5.91 Å². The van der Waals surface area contributed by atoms with Crippen molar-refractivity contribution in [2.75, 3.05) is 11.1 Å². The van der Waals surface area contributed by atoms with Crippen molar-refractivity contribution >= 4 is 33.2 Å². The summed E-state index contributed by atoms with van der Waals surface area (Å²) in [5.74, 6) is 0.0256. The van der Waals surface area contributed by atoms with E-state index in [2.05, 4.69) is 33.4 Å². The number of hydrogen-bond acceptors (Lipinski definition) is 2. The highest BCUT2D eigenvalue weighted by molar-refractivity contribution is 9.10. The van der Waals surface area contributed by atoms with Gasteiger partial charge >= 0.3 is 0 Å². The maximum absolute atomic E-state index is 11.8. The van der Waals surface area contributed by atoms with Gasteiger partial charge in [0, 0.05) is 22.3 Å². The summed E-state index contributed by atoms with van der Waals surface area (Å²) in [6.07, 6.45) is 2.27. The van der Waals surface area contributed by atoms with Crippen molar-refractivity contribution in [2.24, 2.45) is 0 Å². The molecule has 1 amide bonds. The van der Waals surface area contributed by atoms with E-state index in [1.165, 1.54) is 5.56 Å². The van der Waals surface area contributed by atoms with E-state index in [1.807, 2.05) is 24.3 Å². The van der Waals surface area contributed by atoms with Crippen LogP contribution in [-0.2, 0) is 11.2 Å². The fourth-order valence-corrected chi connectivity index (χ4v) is 2.30. The van der Waals surface area contributed by atoms with Crippen LogP contribution in [0.1, 0.15) is 18.4 Å². The molecule has 0 aromatic heterocycles. The lowest BCUT2D eigenvalue weighted by Gasteiger charge is -2.07. The lowest BCUT2D eigenvalue weighted by Crippen LogP contribution is -2.11. The molecule has 3 nitrogen and oxygen atoms in total. The number of benzene rings is 2. The van der Waals surface area contributed by atoms with E-state index in [9.17, 15) is 4.79 Å². The third kappa shape index (κ3) is 4.38. The predicted octanol–water partition coefficient (Wildman–Crippen LogP) is 3.99. The van der Waals surface area contributed by atoms with Gasteiger partial charge in [0.2, 0.25) is 5.91 Å². The van der Waals surface area contributed by atoms with Crippen LogP contribution >= 0.6 is 15.9 Å². The molecule has 0 heterocycles. The first-order chi connectivity index (χ1) is 9.65. The third-order valence-electron chi connectivity index (χ3n) is 3.00. The highest BCUT2D eigenvalue weighted by Gasteiger charge is 2.04. The topological polar surface area (TPSA) is 55.1 Å². The van der Waals surface area contributed by atoms with Crippen molar-refractivity contribution in [3.63, 3.8) is 0 Å². The number of halogens is 1. The molecule has 3 N–H and O–H groups in total. The second-order valence-electron chi connectivity index (χ2n) is 4.62. The van der Waals surface area contributed by atoms with Crippen molar-refractivity contribution in [1.29, 1.82) is 0 Å². The standard InChI is InChI=1S/C16H17BrN2O/c17-14-11-13(9-10-15(14)18)19-16(20)8-4-7-12-5-2-1-3-6-12/h1-3,5-6,9-11H,4,7-8,18H2,(H,19,20). The molecule has 2 aromatic rings. The molecule has 0 atom stereocenters. The van der Waals surface area contributed by atoms with Crippen molar-refractivity contribution in [1.82, 2.24) is 0 Å². The Kier molecular flexibility index (Phi) is 5.18. The number of anilines is 2. The second-order valence-corrected chi connectivity index (χ2v) is 5.48. The Morgan fingerprint density at radius 3 is 2.60 bits per heavy atom. The summed E-state index contributed by atoms with van der Waals surface area (Å²) in [7, 11) is 0. The van der Waals surface area contributed by atoms with Gasteiger partial charge in [0.15, 0.2) is 0 Å². The molecule has 20 heavy (non-hydrogen) atoms. The molecule has 0 spiro atoms. The molecule has 0 aliphatic carbocycles. The van der Waals surface area contributed by atoms with Gasteiger partial charge in [0.1, 0.15) is 0 Å². The van der Waals surface area contributed by atoms with Gasteiger partial charge < -0.3 is 11.1 Å². The van der Waals surface area contributed by atoms with Gasteiger partial charge in [0.25, 0.3) is 0 Å². The molecular weight excluding hydrogens is 316 g/mol. The zero-order valence-electron chi connectivity index (χ0n) is 11.1. The zero-order chi connectivity index (χ0) is 14.4. The van der Waals surface area contributed by atoms with Crippen LogP contribution in [0.4, 0.5) is 11.4 Å². The Balaban J connectivity index is 1.79. The lowest BCUT2D eigenvalue weighted by atomic mass is 10.1. The van der Waals surface area contributed by atoms with Crippen molar-refractivity contribution < 1.29 is 4.79 Å². The first-order valence-corrected chi connectivity index (χ1v) is 7.33. The van der Waals surface area contributed by atoms with Gasteiger partial charge in [-0.05, 0) is 52.5 Å². The fourth-order valence-electron chi connectivity index (χ4n) is 1.93. The fraction of sp³-hybridized carbons (Fsp3) is 0.188. The van der Waals surface area contributed by atoms with Crippen LogP contribution in [0.5, 0.6) is 0 Å². The zero-order valence-corrected chi connectivity index (χ0v) is 12.7. The number of carbonyl (C=O) groups is 1. The molecule has 0 fully saturated rings. The summed E-state index contributed by atoms with van der Waals surface area (Å²) >= 11 is 3.34.